The van der Waals surface area contributed by atoms with E-state index in [4.69, 9.17) is 16.3 Å². The zero-order chi connectivity index (χ0) is 11.4. The molecule has 1 unspecified atom stereocenters. The molecule has 1 aromatic rings. The standard InChI is InChI=1S/C10H14ClN3O2/c11-8-9(13-6-14-10(8)15)12-3-1-7-2-4-16-5-7/h6-7H,1-5H2,(H2,12,13,14,15). The fourth-order valence-electron chi connectivity index (χ4n) is 1.71. The minimum Gasteiger partial charge on any atom is -0.381 e. The third-order valence-electron chi connectivity index (χ3n) is 2.67. The molecular weight excluding hydrogens is 230 g/mol. The zero-order valence-electron chi connectivity index (χ0n) is 8.83. The van der Waals surface area contributed by atoms with Gasteiger partial charge in [-0.05, 0) is 18.8 Å². The Morgan fingerprint density at radius 2 is 2.56 bits per heavy atom. The highest BCUT2D eigenvalue weighted by Crippen LogP contribution is 2.17. The van der Waals surface area contributed by atoms with Gasteiger partial charge in [-0.25, -0.2) is 4.98 Å². The van der Waals surface area contributed by atoms with Crippen molar-refractivity contribution < 1.29 is 4.74 Å². The number of nitrogens with one attached hydrogen (secondary N) is 2. The van der Waals surface area contributed by atoms with Crippen molar-refractivity contribution in [1.82, 2.24) is 9.97 Å². The summed E-state index contributed by atoms with van der Waals surface area (Å²) in [5, 5.41) is 3.18. The van der Waals surface area contributed by atoms with Crippen LogP contribution in [0.3, 0.4) is 0 Å². The number of rotatable bonds is 4. The van der Waals surface area contributed by atoms with Gasteiger partial charge in [-0.1, -0.05) is 11.6 Å². The van der Waals surface area contributed by atoms with Crippen LogP contribution < -0.4 is 10.9 Å². The number of hydrogen-bond donors (Lipinski definition) is 2. The summed E-state index contributed by atoms with van der Waals surface area (Å²) in [5.41, 5.74) is -0.316. The van der Waals surface area contributed by atoms with Gasteiger partial charge in [-0.15, -0.1) is 0 Å². The van der Waals surface area contributed by atoms with Gasteiger partial charge in [0.25, 0.3) is 5.56 Å². The van der Waals surface area contributed by atoms with Crippen LogP contribution >= 0.6 is 11.6 Å². The second kappa shape index (κ2) is 5.32. The topological polar surface area (TPSA) is 67.0 Å². The Hall–Kier alpha value is -1.07. The lowest BCUT2D eigenvalue weighted by atomic mass is 10.1. The number of hydrogen-bond acceptors (Lipinski definition) is 4. The second-order valence-electron chi connectivity index (χ2n) is 3.84. The molecule has 16 heavy (non-hydrogen) atoms. The van der Waals surface area contributed by atoms with Crippen molar-refractivity contribution in [3.8, 4) is 0 Å². The molecule has 2 rings (SSSR count). The largest absolute Gasteiger partial charge is 0.381 e. The molecule has 0 aromatic carbocycles. The maximum Gasteiger partial charge on any atom is 0.271 e. The summed E-state index contributed by atoms with van der Waals surface area (Å²) in [4.78, 5) is 17.6. The lowest BCUT2D eigenvalue weighted by molar-refractivity contribution is 0.185. The van der Waals surface area contributed by atoms with Crippen LogP contribution in [0.15, 0.2) is 11.1 Å². The van der Waals surface area contributed by atoms with E-state index >= 15 is 0 Å². The molecule has 0 radical (unpaired) electrons. The molecular formula is C10H14ClN3O2. The molecule has 88 valence electrons. The van der Waals surface area contributed by atoms with Crippen molar-refractivity contribution in [2.24, 2.45) is 5.92 Å². The molecule has 6 heteroatoms. The third kappa shape index (κ3) is 2.74. The normalized spacial score (nSPS) is 19.9. The highest BCUT2D eigenvalue weighted by Gasteiger charge is 2.15. The molecule has 1 fully saturated rings. The van der Waals surface area contributed by atoms with Gasteiger partial charge in [0.05, 0.1) is 6.33 Å². The molecule has 0 spiro atoms. The molecule has 0 bridgehead atoms. The number of nitrogens with zero attached hydrogens (tertiary/aromatic N) is 1. The molecule has 0 saturated carbocycles. The van der Waals surface area contributed by atoms with Crippen molar-refractivity contribution in [1.29, 1.82) is 0 Å². The number of ether oxygens (including phenoxy) is 1. The van der Waals surface area contributed by atoms with Crippen LogP contribution in [0.2, 0.25) is 5.02 Å². The van der Waals surface area contributed by atoms with Crippen LogP contribution in [0.4, 0.5) is 5.82 Å². The summed E-state index contributed by atoms with van der Waals surface area (Å²) in [5.74, 6) is 1.05. The summed E-state index contributed by atoms with van der Waals surface area (Å²) in [7, 11) is 0. The van der Waals surface area contributed by atoms with E-state index < -0.39 is 0 Å². The van der Waals surface area contributed by atoms with E-state index in [0.29, 0.717) is 11.7 Å². The fourth-order valence-corrected chi connectivity index (χ4v) is 1.88. The number of H-pyrrole nitrogens is 1. The molecule has 1 aliphatic heterocycles. The molecule has 0 amide bonds. The molecule has 2 N–H and O–H groups in total. The molecule has 1 aromatic heterocycles. The van der Waals surface area contributed by atoms with Gasteiger partial charge < -0.3 is 15.0 Å². The van der Waals surface area contributed by atoms with Gasteiger partial charge >= 0.3 is 0 Å². The van der Waals surface area contributed by atoms with Crippen molar-refractivity contribution in [2.45, 2.75) is 12.8 Å². The van der Waals surface area contributed by atoms with Gasteiger partial charge in [0.2, 0.25) is 0 Å². The van der Waals surface area contributed by atoms with Crippen LogP contribution in [-0.2, 0) is 4.74 Å². The van der Waals surface area contributed by atoms with Crippen molar-refractivity contribution in [2.75, 3.05) is 25.1 Å². The summed E-state index contributed by atoms with van der Waals surface area (Å²) < 4.78 is 5.28. The lowest BCUT2D eigenvalue weighted by Crippen LogP contribution is -2.14. The SMILES string of the molecule is O=c1[nH]cnc(NCCC2CCOC2)c1Cl. The zero-order valence-corrected chi connectivity index (χ0v) is 9.59. The molecule has 0 aliphatic carbocycles. The number of anilines is 1. The first-order valence-corrected chi connectivity index (χ1v) is 5.70. The van der Waals surface area contributed by atoms with Crippen LogP contribution in [-0.4, -0.2) is 29.7 Å². The quantitative estimate of drug-likeness (QED) is 0.836. The van der Waals surface area contributed by atoms with Gasteiger partial charge in [0, 0.05) is 19.8 Å². The number of halogens is 1. The predicted octanol–water partition coefficient (Wildman–Crippen LogP) is 1.26. The monoisotopic (exact) mass is 243 g/mol. The fraction of sp³-hybridized carbons (Fsp3) is 0.600. The maximum absolute atomic E-state index is 11.2. The summed E-state index contributed by atoms with van der Waals surface area (Å²) in [6.07, 6.45) is 3.46. The van der Waals surface area contributed by atoms with Crippen molar-refractivity contribution >= 4 is 17.4 Å². The number of aromatic nitrogens is 2. The average Bonchev–Trinajstić information content (AvgIpc) is 2.77. The third-order valence-corrected chi connectivity index (χ3v) is 3.02. The first kappa shape index (κ1) is 11.4. The Morgan fingerprint density at radius 1 is 1.69 bits per heavy atom. The van der Waals surface area contributed by atoms with E-state index in [1.54, 1.807) is 0 Å². The van der Waals surface area contributed by atoms with Gasteiger partial charge in [-0.2, -0.15) is 0 Å². The van der Waals surface area contributed by atoms with E-state index in [0.717, 1.165) is 32.6 Å². The van der Waals surface area contributed by atoms with Crippen LogP contribution in [0, 0.1) is 5.92 Å². The maximum atomic E-state index is 11.2. The lowest BCUT2D eigenvalue weighted by Gasteiger charge is -2.09. The smallest absolute Gasteiger partial charge is 0.271 e. The summed E-state index contributed by atoms with van der Waals surface area (Å²) >= 11 is 5.80. The van der Waals surface area contributed by atoms with Crippen molar-refractivity contribution in [3.63, 3.8) is 0 Å². The summed E-state index contributed by atoms with van der Waals surface area (Å²) in [6.45, 7) is 2.44. The van der Waals surface area contributed by atoms with Gasteiger partial charge in [0.1, 0.15) is 5.02 Å². The highest BCUT2D eigenvalue weighted by atomic mass is 35.5. The first-order valence-electron chi connectivity index (χ1n) is 5.32. The molecule has 1 saturated heterocycles. The van der Waals surface area contributed by atoms with Crippen LogP contribution in [0.1, 0.15) is 12.8 Å². The Morgan fingerprint density at radius 3 is 3.31 bits per heavy atom. The molecule has 5 nitrogen and oxygen atoms in total. The van der Waals surface area contributed by atoms with Gasteiger partial charge in [0.15, 0.2) is 5.82 Å². The van der Waals surface area contributed by atoms with E-state index in [1.165, 1.54) is 6.33 Å². The van der Waals surface area contributed by atoms with Gasteiger partial charge in [-0.3, -0.25) is 4.79 Å². The Balaban J connectivity index is 1.84. The average molecular weight is 244 g/mol. The Kier molecular flexibility index (Phi) is 3.79. The van der Waals surface area contributed by atoms with E-state index in [2.05, 4.69) is 15.3 Å². The predicted molar refractivity (Wildman–Crippen MR) is 61.9 cm³/mol. The van der Waals surface area contributed by atoms with Crippen molar-refractivity contribution in [3.05, 3.63) is 21.7 Å². The minimum atomic E-state index is -0.316. The molecule has 2 heterocycles. The Labute approximate surface area is 98.2 Å². The second-order valence-corrected chi connectivity index (χ2v) is 4.22. The molecule has 1 atom stereocenters. The van der Waals surface area contributed by atoms with Crippen LogP contribution in [0.5, 0.6) is 0 Å². The first-order chi connectivity index (χ1) is 7.77. The Bertz CT molecular complexity index is 401. The van der Waals surface area contributed by atoms with E-state index in [-0.39, 0.29) is 10.6 Å². The van der Waals surface area contributed by atoms with E-state index in [1.807, 2.05) is 0 Å². The highest BCUT2D eigenvalue weighted by molar-refractivity contribution is 6.32. The number of aromatic amines is 1. The van der Waals surface area contributed by atoms with Crippen LogP contribution in [0.25, 0.3) is 0 Å². The minimum absolute atomic E-state index is 0.116. The summed E-state index contributed by atoms with van der Waals surface area (Å²) in [6, 6.07) is 0. The molecule has 1 aliphatic rings. The van der Waals surface area contributed by atoms with E-state index in [9.17, 15) is 4.79 Å².